The predicted octanol–water partition coefficient (Wildman–Crippen LogP) is 5.22. The number of ether oxygens (including phenoxy) is 2. The third-order valence-electron chi connectivity index (χ3n) is 6.02. The number of hydrogen-bond donors (Lipinski definition) is 0. The van der Waals surface area contributed by atoms with Gasteiger partial charge in [-0.1, -0.05) is 35.9 Å². The van der Waals surface area contributed by atoms with Crippen molar-refractivity contribution in [2.45, 2.75) is 16.2 Å². The molecule has 3 aromatic carbocycles. The van der Waals surface area contributed by atoms with Crippen LogP contribution in [0, 0.1) is 10.1 Å². The SMILES string of the molecule is COc1ccc(C2Sc3ccccc3N(CCN(C)C)C(=O)C2OC(=O)c2ccc(Cl)c([N+](=O)[O-])c2)cc1. The van der Waals surface area contributed by atoms with E-state index in [0.717, 1.165) is 22.2 Å². The molecule has 11 heteroatoms. The molecule has 1 aliphatic heterocycles. The number of carbonyl (C=O) groups is 2. The Hall–Kier alpha value is -3.60. The molecule has 0 aliphatic carbocycles. The van der Waals surface area contributed by atoms with E-state index in [4.69, 9.17) is 21.1 Å². The molecular weight excluding hydrogens is 530 g/mol. The van der Waals surface area contributed by atoms with Crippen molar-refractivity contribution in [1.82, 2.24) is 4.90 Å². The molecule has 2 unspecified atom stereocenters. The van der Waals surface area contributed by atoms with Crippen molar-refractivity contribution in [2.24, 2.45) is 0 Å². The summed E-state index contributed by atoms with van der Waals surface area (Å²) in [5, 5.41) is 10.7. The number of thioether (sulfide) groups is 1. The Bertz CT molecular complexity index is 1350. The number of amides is 1. The first-order chi connectivity index (χ1) is 18.2. The van der Waals surface area contributed by atoms with E-state index in [1.807, 2.05) is 55.4 Å². The summed E-state index contributed by atoms with van der Waals surface area (Å²) in [7, 11) is 5.38. The normalized spacial score (nSPS) is 17.1. The van der Waals surface area contributed by atoms with Gasteiger partial charge in [0.1, 0.15) is 10.8 Å². The van der Waals surface area contributed by atoms with E-state index in [-0.39, 0.29) is 16.5 Å². The number of hydrogen-bond acceptors (Lipinski definition) is 8. The molecule has 1 aliphatic rings. The number of carbonyl (C=O) groups excluding carboxylic acids is 2. The second-order valence-corrected chi connectivity index (χ2v) is 10.4. The number of fused-ring (bicyclic) bond motifs is 1. The molecule has 198 valence electrons. The van der Waals surface area contributed by atoms with Gasteiger partial charge in [-0.15, -0.1) is 11.8 Å². The van der Waals surface area contributed by atoms with Gasteiger partial charge in [-0.2, -0.15) is 0 Å². The highest BCUT2D eigenvalue weighted by atomic mass is 35.5. The zero-order chi connectivity index (χ0) is 27.4. The summed E-state index contributed by atoms with van der Waals surface area (Å²) in [5.74, 6) is -0.601. The molecule has 0 saturated heterocycles. The number of esters is 1. The summed E-state index contributed by atoms with van der Waals surface area (Å²) in [5.41, 5.74) is 0.986. The van der Waals surface area contributed by atoms with Crippen LogP contribution in [0.4, 0.5) is 11.4 Å². The molecule has 9 nitrogen and oxygen atoms in total. The molecule has 0 fully saturated rings. The highest BCUT2D eigenvalue weighted by Crippen LogP contribution is 2.47. The molecule has 4 rings (SSSR count). The van der Waals surface area contributed by atoms with Gasteiger partial charge in [-0.05, 0) is 56.1 Å². The van der Waals surface area contributed by atoms with Crippen LogP contribution in [0.3, 0.4) is 0 Å². The quantitative estimate of drug-likeness (QED) is 0.212. The van der Waals surface area contributed by atoms with E-state index in [9.17, 15) is 19.7 Å². The number of benzene rings is 3. The lowest BCUT2D eigenvalue weighted by molar-refractivity contribution is -0.384. The van der Waals surface area contributed by atoms with Crippen LogP contribution in [0.5, 0.6) is 5.75 Å². The largest absolute Gasteiger partial charge is 0.497 e. The van der Waals surface area contributed by atoms with Gasteiger partial charge in [0.05, 0.1) is 28.5 Å². The first-order valence-corrected chi connectivity index (χ1v) is 13.0. The van der Waals surface area contributed by atoms with E-state index in [1.165, 1.54) is 23.9 Å². The van der Waals surface area contributed by atoms with Crippen molar-refractivity contribution in [2.75, 3.05) is 39.2 Å². The van der Waals surface area contributed by atoms with E-state index < -0.39 is 27.9 Å². The molecule has 0 radical (unpaired) electrons. The number of halogens is 1. The third kappa shape index (κ3) is 5.93. The highest BCUT2D eigenvalue weighted by Gasteiger charge is 2.41. The molecule has 3 aromatic rings. The minimum Gasteiger partial charge on any atom is -0.497 e. The Balaban J connectivity index is 1.77. The van der Waals surface area contributed by atoms with E-state index >= 15 is 0 Å². The Kier molecular flexibility index (Phi) is 8.55. The Labute approximate surface area is 229 Å². The summed E-state index contributed by atoms with van der Waals surface area (Å²) in [6.45, 7) is 0.960. The second-order valence-electron chi connectivity index (χ2n) is 8.82. The molecule has 0 aromatic heterocycles. The molecule has 0 bridgehead atoms. The topological polar surface area (TPSA) is 102 Å². The van der Waals surface area contributed by atoms with Crippen LogP contribution in [0.2, 0.25) is 5.02 Å². The Morgan fingerprint density at radius 3 is 2.50 bits per heavy atom. The lowest BCUT2D eigenvalue weighted by atomic mass is 10.0. The van der Waals surface area contributed by atoms with Gasteiger partial charge in [0.2, 0.25) is 0 Å². The maximum Gasteiger partial charge on any atom is 0.339 e. The van der Waals surface area contributed by atoms with Crippen molar-refractivity contribution in [3.63, 3.8) is 0 Å². The monoisotopic (exact) mass is 555 g/mol. The lowest BCUT2D eigenvalue weighted by Crippen LogP contribution is -2.45. The molecule has 0 N–H and O–H groups in total. The minimum atomic E-state index is -1.22. The fourth-order valence-corrected chi connectivity index (χ4v) is 5.53. The van der Waals surface area contributed by atoms with E-state index in [1.54, 1.807) is 24.1 Å². The number of nitro benzene ring substituents is 1. The smallest absolute Gasteiger partial charge is 0.339 e. The van der Waals surface area contributed by atoms with Gasteiger partial charge < -0.3 is 19.3 Å². The van der Waals surface area contributed by atoms with Gasteiger partial charge in [0.25, 0.3) is 11.6 Å². The summed E-state index contributed by atoms with van der Waals surface area (Å²) in [4.78, 5) is 42.5. The average molecular weight is 556 g/mol. The van der Waals surface area contributed by atoms with Crippen LogP contribution in [0.15, 0.2) is 71.6 Å². The van der Waals surface area contributed by atoms with Crippen LogP contribution >= 0.6 is 23.4 Å². The first kappa shape index (κ1) is 27.4. The summed E-state index contributed by atoms with van der Waals surface area (Å²) < 4.78 is 11.2. The molecule has 1 heterocycles. The van der Waals surface area contributed by atoms with Crippen molar-refractivity contribution in [3.8, 4) is 5.75 Å². The van der Waals surface area contributed by atoms with Gasteiger partial charge in [-0.3, -0.25) is 14.9 Å². The third-order valence-corrected chi connectivity index (χ3v) is 7.71. The zero-order valence-electron chi connectivity index (χ0n) is 21.0. The summed E-state index contributed by atoms with van der Waals surface area (Å²) in [6, 6.07) is 18.4. The second kappa shape index (κ2) is 11.8. The Morgan fingerprint density at radius 1 is 1.13 bits per heavy atom. The molecule has 38 heavy (non-hydrogen) atoms. The van der Waals surface area contributed by atoms with Crippen molar-refractivity contribution >= 4 is 46.6 Å². The number of methoxy groups -OCH3 is 1. The van der Waals surface area contributed by atoms with Crippen molar-refractivity contribution < 1.29 is 24.0 Å². The van der Waals surface area contributed by atoms with Crippen LogP contribution in [0.1, 0.15) is 21.2 Å². The van der Waals surface area contributed by atoms with Crippen LogP contribution in [0.25, 0.3) is 0 Å². The number of likely N-dealkylation sites (N-methyl/N-ethyl adjacent to an activating group) is 1. The molecular formula is C27H26ClN3O6S. The van der Waals surface area contributed by atoms with Crippen LogP contribution < -0.4 is 9.64 Å². The average Bonchev–Trinajstić information content (AvgIpc) is 3.02. The number of nitrogens with zero attached hydrogens (tertiary/aromatic N) is 3. The maximum atomic E-state index is 14.1. The zero-order valence-corrected chi connectivity index (χ0v) is 22.6. The number of anilines is 1. The first-order valence-electron chi connectivity index (χ1n) is 11.7. The van der Waals surface area contributed by atoms with Crippen molar-refractivity contribution in [1.29, 1.82) is 0 Å². The standard InChI is InChI=1S/C27H26ClN3O6S/c1-29(2)14-15-30-21-6-4-5-7-23(21)38-25(17-8-11-19(36-3)12-9-17)24(26(30)32)37-27(33)18-10-13-20(28)22(16-18)31(34)35/h4-13,16,24-25H,14-15H2,1-3H3. The number of para-hydroxylation sites is 1. The van der Waals surface area contributed by atoms with E-state index in [2.05, 4.69) is 0 Å². The van der Waals surface area contributed by atoms with Gasteiger partial charge in [0.15, 0.2) is 6.10 Å². The fourth-order valence-electron chi connectivity index (χ4n) is 4.02. The molecule has 1 amide bonds. The molecule has 0 spiro atoms. The fraction of sp³-hybridized carbons (Fsp3) is 0.259. The van der Waals surface area contributed by atoms with Crippen LogP contribution in [-0.4, -0.2) is 62.1 Å². The van der Waals surface area contributed by atoms with Crippen LogP contribution in [-0.2, 0) is 9.53 Å². The number of rotatable bonds is 8. The maximum absolute atomic E-state index is 14.1. The van der Waals surface area contributed by atoms with Gasteiger partial charge >= 0.3 is 5.97 Å². The highest BCUT2D eigenvalue weighted by molar-refractivity contribution is 7.99. The number of nitro groups is 1. The Morgan fingerprint density at radius 2 is 1.84 bits per heavy atom. The molecule has 0 saturated carbocycles. The molecule has 2 atom stereocenters. The lowest BCUT2D eigenvalue weighted by Gasteiger charge is -2.28. The van der Waals surface area contributed by atoms with Crippen molar-refractivity contribution in [3.05, 3.63) is 93.0 Å². The predicted molar refractivity (Wildman–Crippen MR) is 146 cm³/mol. The summed E-state index contributed by atoms with van der Waals surface area (Å²) >= 11 is 7.34. The van der Waals surface area contributed by atoms with Gasteiger partial charge in [0, 0.05) is 24.1 Å². The van der Waals surface area contributed by atoms with E-state index in [0.29, 0.717) is 18.8 Å². The summed E-state index contributed by atoms with van der Waals surface area (Å²) in [6.07, 6.45) is -1.22. The minimum absolute atomic E-state index is 0.0750. The van der Waals surface area contributed by atoms with Gasteiger partial charge in [-0.25, -0.2) is 4.79 Å².